The van der Waals surface area contributed by atoms with Gasteiger partial charge in [0.05, 0.1) is 95.0 Å². The standard InChI is InChI=1S/C24H28O4.C23H26O4.C20H28O2Si.C16H19ClSi.C13H14O3.C11H16O2.C7H8O.C4H10O2/c1-5-7-21(17-24(25)26-4)20-10-12-22(13-11-20)27-15-14-19(3)28-23-9-6-8-18(2)16-23;1-4-6-20(16-23(24)25)19-9-11-21(12-10-19)26-14-13-18(3)27-22-8-5-7-17(2)15-22;1-17(21)15-16-22-23(20(2,3)4,18-11-7-5-8-12-18)19-13-9-6-10-14-19;1-16(2,3)18(17,14-10-6-4-7-11-14)15-12-8-5-9-13-15;1-3-4-11(9-13(15)16-2)10-5-7-12(14)8-6-10;1-9-4-3-5-11(8-9)13-10(2)6-7-12;1-6-3-2-4-7(8)5-6;1-4(6)2-3-5/h6,8-13,16,19,21H,14-15,17H2,1-4H3;5,7-12,15,18,20H,13-14,16H2,1-3H3,(H,24,25);5-14,17,21H,15-16H2,1-4H3;4-13H,1-3H3;5-8,11,14H,9H2,1-2H3;3-5,8,10,12H,6-7H2,1-2H3;2-5,8H,1H3;4-6H,2-3H2,1H3. The van der Waals surface area contributed by atoms with E-state index in [1.165, 1.54) is 51.7 Å². The van der Waals surface area contributed by atoms with Crippen LogP contribution in [0.4, 0.5) is 0 Å². The molecule has 139 heavy (non-hydrogen) atoms. The highest BCUT2D eigenvalue weighted by Crippen LogP contribution is 2.40. The van der Waals surface area contributed by atoms with E-state index < -0.39 is 21.7 Å². The van der Waals surface area contributed by atoms with Gasteiger partial charge in [0, 0.05) is 39.1 Å². The molecule has 0 amide bonds. The first-order valence-corrected chi connectivity index (χ1v) is 52.2. The number of hydrogen-bond donors (Lipinski definition) is 7. The van der Waals surface area contributed by atoms with Gasteiger partial charge in [-0.05, 0) is 251 Å². The van der Waals surface area contributed by atoms with Gasteiger partial charge in [0.15, 0.2) is 0 Å². The minimum Gasteiger partial charge on any atom is -0.508 e. The van der Waals surface area contributed by atoms with Gasteiger partial charge in [0.2, 0.25) is 7.38 Å². The number of aryl methyl sites for hydroxylation is 4. The molecule has 8 atom stereocenters. The third-order valence-electron chi connectivity index (χ3n) is 21.7. The predicted molar refractivity (Wildman–Crippen MR) is 570 cm³/mol. The number of ether oxygens (including phenoxy) is 7. The zero-order valence-corrected chi connectivity index (χ0v) is 87.8. The van der Waals surface area contributed by atoms with Crippen molar-refractivity contribution in [3.8, 4) is 75.8 Å². The fourth-order valence-corrected chi connectivity index (χ4v) is 23.1. The zero-order valence-electron chi connectivity index (χ0n) is 85.0. The lowest BCUT2D eigenvalue weighted by molar-refractivity contribution is -0.141. The molecule has 7 N–H and O–H groups in total. The number of aliphatic carboxylic acids is 1. The van der Waals surface area contributed by atoms with Crippen molar-refractivity contribution in [2.75, 3.05) is 47.3 Å². The second-order valence-electron chi connectivity index (χ2n) is 35.7. The normalized spacial score (nSPS) is 12.4. The van der Waals surface area contributed by atoms with Gasteiger partial charge in [0.25, 0.3) is 8.32 Å². The summed E-state index contributed by atoms with van der Waals surface area (Å²) in [6, 6.07) is 95.2. The lowest BCUT2D eigenvalue weighted by Crippen LogP contribution is -2.66. The van der Waals surface area contributed by atoms with Crippen molar-refractivity contribution in [1.29, 1.82) is 0 Å². The fourth-order valence-electron chi connectivity index (χ4n) is 14.4. The van der Waals surface area contributed by atoms with Crippen LogP contribution in [0.15, 0.2) is 291 Å². The largest absolute Gasteiger partial charge is 0.508 e. The Hall–Kier alpha value is -12.4. The Morgan fingerprint density at radius 3 is 0.950 bits per heavy atom. The maximum Gasteiger partial charge on any atom is 0.307 e. The van der Waals surface area contributed by atoms with Crippen LogP contribution in [-0.4, -0.2) is 147 Å². The topological polar surface area (TPSA) is 267 Å². The minimum atomic E-state index is -2.43. The molecule has 744 valence electrons. The first-order chi connectivity index (χ1) is 66.3. The van der Waals surface area contributed by atoms with Crippen molar-refractivity contribution >= 4 is 65.4 Å². The number of aromatic hydroxyl groups is 2. The van der Waals surface area contributed by atoms with Crippen molar-refractivity contribution in [2.24, 2.45) is 0 Å². The van der Waals surface area contributed by atoms with Crippen molar-refractivity contribution in [3.05, 3.63) is 330 Å². The van der Waals surface area contributed by atoms with Gasteiger partial charge in [-0.15, -0.1) is 17.8 Å². The van der Waals surface area contributed by atoms with Crippen LogP contribution in [0, 0.1) is 63.2 Å². The number of hydrogen-bond acceptors (Lipinski definition) is 17. The Labute approximate surface area is 835 Å². The van der Waals surface area contributed by atoms with Gasteiger partial charge in [0.1, 0.15) is 40.2 Å². The van der Waals surface area contributed by atoms with Gasteiger partial charge in [-0.2, -0.15) is 11.1 Å². The van der Waals surface area contributed by atoms with Crippen molar-refractivity contribution < 1.29 is 87.7 Å². The number of aliphatic hydroxyl groups excluding tert-OH is 4. The van der Waals surface area contributed by atoms with Gasteiger partial charge in [-0.3, -0.25) is 14.4 Å². The number of benzene rings is 11. The van der Waals surface area contributed by atoms with E-state index in [2.05, 4.69) is 179 Å². The highest BCUT2D eigenvalue weighted by Gasteiger charge is 2.50. The van der Waals surface area contributed by atoms with E-state index in [4.69, 9.17) is 74.6 Å². The molecule has 0 heterocycles. The molecule has 11 aromatic rings. The van der Waals surface area contributed by atoms with E-state index in [0.29, 0.717) is 44.8 Å². The Kier molecular flexibility index (Phi) is 55.4. The molecule has 0 fully saturated rings. The highest BCUT2D eigenvalue weighted by atomic mass is 35.6. The van der Waals surface area contributed by atoms with Crippen LogP contribution in [0.1, 0.15) is 205 Å². The molecule has 0 aliphatic heterocycles. The summed E-state index contributed by atoms with van der Waals surface area (Å²) in [5.74, 6) is 20.1. The average Bonchev–Trinajstić information content (AvgIpc) is 0.751. The molecule has 0 bridgehead atoms. The summed E-state index contributed by atoms with van der Waals surface area (Å²) in [5.41, 5.74) is 7.39. The van der Waals surface area contributed by atoms with Crippen LogP contribution in [0.2, 0.25) is 10.1 Å². The average molecular weight is 1950 g/mol. The number of methoxy groups -OCH3 is 2. The van der Waals surface area contributed by atoms with E-state index >= 15 is 0 Å². The minimum absolute atomic E-state index is 0.00510. The van der Waals surface area contributed by atoms with E-state index in [-0.39, 0.29) is 109 Å². The predicted octanol–water partition coefficient (Wildman–Crippen LogP) is 22.5. The van der Waals surface area contributed by atoms with E-state index in [1.54, 1.807) is 64.1 Å². The zero-order chi connectivity index (χ0) is 103. The summed E-state index contributed by atoms with van der Waals surface area (Å²) < 4.78 is 45.0. The molecule has 0 aromatic heterocycles. The number of carbonyl (C=O) groups is 3. The summed E-state index contributed by atoms with van der Waals surface area (Å²) in [6.07, 6.45) is 3.31. The third kappa shape index (κ3) is 45.4. The number of rotatable bonds is 35. The first kappa shape index (κ1) is 119. The molecule has 0 aliphatic carbocycles. The molecule has 0 aliphatic rings. The number of carboxylic acid groups (broad SMARTS) is 1. The van der Waals surface area contributed by atoms with Crippen LogP contribution in [0.25, 0.3) is 0 Å². The molecule has 0 saturated heterocycles. The number of halogens is 1. The molecule has 21 heteroatoms. The first-order valence-electron chi connectivity index (χ1n) is 47.2. The summed E-state index contributed by atoms with van der Waals surface area (Å²) in [5, 5.41) is 67.0. The van der Waals surface area contributed by atoms with Crippen LogP contribution >= 0.6 is 11.1 Å². The van der Waals surface area contributed by atoms with Gasteiger partial charge in [-0.25, -0.2) is 0 Å². The second-order valence-corrected chi connectivity index (χ2v) is 45.7. The lowest BCUT2D eigenvalue weighted by atomic mass is 9.96. The number of aliphatic hydroxyl groups is 4. The lowest BCUT2D eigenvalue weighted by Gasteiger charge is -2.43. The molecule has 0 saturated carbocycles. The Balaban J connectivity index is 0.000000343. The Morgan fingerprint density at radius 2 is 0.676 bits per heavy atom. The summed E-state index contributed by atoms with van der Waals surface area (Å²) in [4.78, 5) is 33.7. The maximum atomic E-state index is 11.6. The molecular weight excluding hydrogens is 1800 g/mol. The van der Waals surface area contributed by atoms with Crippen LogP contribution in [-0.2, 0) is 28.3 Å². The van der Waals surface area contributed by atoms with E-state index in [0.717, 1.165) is 63.8 Å². The third-order valence-corrected chi connectivity index (χ3v) is 34.1. The molecular formula is C118H149ClO18Si2. The summed E-state index contributed by atoms with van der Waals surface area (Å²) in [7, 11) is -1.91. The molecule has 0 spiro atoms. The van der Waals surface area contributed by atoms with Crippen LogP contribution < -0.4 is 44.4 Å². The number of esters is 2. The van der Waals surface area contributed by atoms with Crippen LogP contribution in [0.3, 0.4) is 0 Å². The second kappa shape index (κ2) is 64.7. The van der Waals surface area contributed by atoms with Gasteiger partial charge >= 0.3 is 17.9 Å². The van der Waals surface area contributed by atoms with Crippen LogP contribution in [0.5, 0.6) is 40.2 Å². The molecule has 18 nitrogen and oxygen atoms in total. The fraction of sp³-hybridized carbons (Fsp3) is 0.364. The number of phenols is 2. The van der Waals surface area contributed by atoms with Crippen molar-refractivity contribution in [2.45, 2.75) is 234 Å². The summed E-state index contributed by atoms with van der Waals surface area (Å²) in [6.45, 7) is 38.2. The van der Waals surface area contributed by atoms with Gasteiger partial charge < -0.3 is 73.3 Å². The van der Waals surface area contributed by atoms with Crippen molar-refractivity contribution in [3.63, 3.8) is 0 Å². The van der Waals surface area contributed by atoms with E-state index in [1.807, 2.05) is 213 Å². The Bertz CT molecular complexity index is 5390. The quantitative estimate of drug-likeness (QED) is 0.00842. The SMILES string of the molecule is CC#CC(CC(=O)O)c1ccc(OCCC(C)Oc2cccc(C)c2)cc1.CC#CC(CC(=O)OC)c1ccc(O)cc1.CC#CC(CC(=O)OC)c1ccc(OCCC(C)Oc2cccc(C)c2)cc1.CC(C)(C)[Si](Cl)(c1ccccc1)c1ccccc1.CC(O)CCO.CC(O)CCO[Si](c1ccccc1)(c1ccccc1)C(C)(C)C.Cc1cccc(O)c1.Cc1cccc(OC(C)CCO)c1. The molecule has 8 unspecified atom stereocenters. The number of carbonyl (C=O) groups excluding carboxylic acids is 2. The maximum absolute atomic E-state index is 11.6. The number of carboxylic acids is 1. The smallest absolute Gasteiger partial charge is 0.307 e. The summed E-state index contributed by atoms with van der Waals surface area (Å²) >= 11 is 7.21. The van der Waals surface area contributed by atoms with E-state index in [9.17, 15) is 19.5 Å². The highest BCUT2D eigenvalue weighted by molar-refractivity contribution is 7.35. The molecule has 0 radical (unpaired) electrons. The van der Waals surface area contributed by atoms with Crippen molar-refractivity contribution in [1.82, 2.24) is 0 Å². The van der Waals surface area contributed by atoms with Gasteiger partial charge in [-0.1, -0.05) is 266 Å². The molecule has 11 rings (SSSR count). The Morgan fingerprint density at radius 1 is 0.360 bits per heavy atom. The number of phenolic OH excluding ortho intramolecular Hbond substituents is 2. The molecule has 11 aromatic carbocycles. The monoisotopic (exact) mass is 1940 g/mol.